The Morgan fingerprint density at radius 1 is 0.811 bits per heavy atom. The van der Waals surface area contributed by atoms with E-state index in [0.29, 0.717) is 29.5 Å². The van der Waals surface area contributed by atoms with Crippen LogP contribution in [0.3, 0.4) is 0 Å². The molecule has 4 aliphatic carbocycles. The number of unbranched alkanes of at least 4 members (excludes halogenated alkanes) is 10. The van der Waals surface area contributed by atoms with Crippen molar-refractivity contribution in [3.05, 3.63) is 0 Å². The molecule has 0 aromatic rings. The van der Waals surface area contributed by atoms with Gasteiger partial charge in [-0.3, -0.25) is 9.59 Å². The van der Waals surface area contributed by atoms with Gasteiger partial charge in [0.05, 0.1) is 6.10 Å². The number of aliphatic carboxylic acids is 1. The van der Waals surface area contributed by atoms with Gasteiger partial charge in [-0.2, -0.15) is 0 Å². The van der Waals surface area contributed by atoms with E-state index < -0.39 is 5.97 Å². The molecule has 4 aliphatic rings. The Hall–Kier alpha value is -0.900. The predicted molar refractivity (Wildman–Crippen MR) is 149 cm³/mol. The summed E-state index contributed by atoms with van der Waals surface area (Å²) in [6, 6.07) is 0. The van der Waals surface area contributed by atoms with Gasteiger partial charge < -0.3 is 10.2 Å². The van der Waals surface area contributed by atoms with Gasteiger partial charge in [-0.05, 0) is 85.4 Å². The number of aliphatic hydroxyl groups excluding tert-OH is 1. The molecule has 0 radical (unpaired) electrons. The molecule has 0 unspecified atom stereocenters. The number of fused-ring (bicyclic) bond motifs is 5. The smallest absolute Gasteiger partial charge is 0.303 e. The fraction of sp³-hybridized carbons (Fsp3) is 0.939. The Labute approximate surface area is 226 Å². The van der Waals surface area contributed by atoms with E-state index >= 15 is 0 Å². The van der Waals surface area contributed by atoms with Crippen molar-refractivity contribution in [1.29, 1.82) is 0 Å². The van der Waals surface area contributed by atoms with E-state index in [1.165, 1.54) is 89.9 Å². The number of carboxylic acids is 1. The van der Waals surface area contributed by atoms with Crippen LogP contribution < -0.4 is 0 Å². The number of rotatable bonds is 14. The van der Waals surface area contributed by atoms with E-state index in [9.17, 15) is 14.7 Å². The number of hydrogen-bond acceptors (Lipinski definition) is 3. The maximum atomic E-state index is 12.4. The van der Waals surface area contributed by atoms with Crippen molar-refractivity contribution in [2.24, 2.45) is 40.4 Å². The van der Waals surface area contributed by atoms with Crippen molar-refractivity contribution in [3.8, 4) is 0 Å². The highest BCUT2D eigenvalue weighted by Crippen LogP contribution is 2.67. The molecule has 212 valence electrons. The molecule has 0 spiro atoms. The Kier molecular flexibility index (Phi) is 10.2. The van der Waals surface area contributed by atoms with Gasteiger partial charge in [0, 0.05) is 19.3 Å². The zero-order chi connectivity index (χ0) is 26.5. The third kappa shape index (κ3) is 6.64. The summed E-state index contributed by atoms with van der Waals surface area (Å²) >= 11 is 0. The number of ketones is 1. The second-order valence-electron chi connectivity index (χ2n) is 14.2. The second-order valence-corrected chi connectivity index (χ2v) is 14.2. The SMILES string of the molecule is C[C@]12CCC(=O)C[C@@H]1C[C@H](CCCCCCCCCCCCCC(=O)O)[C@@H]1[C@@H]2CC[C@]2(C)[C@@H](O)CC[C@@H]12. The Morgan fingerprint density at radius 2 is 1.41 bits per heavy atom. The van der Waals surface area contributed by atoms with Crippen LogP contribution in [-0.2, 0) is 9.59 Å². The molecule has 0 aromatic carbocycles. The molecule has 0 aromatic heterocycles. The molecule has 4 nitrogen and oxygen atoms in total. The average molecular weight is 517 g/mol. The van der Waals surface area contributed by atoms with E-state index in [0.717, 1.165) is 56.3 Å². The van der Waals surface area contributed by atoms with Crippen LogP contribution in [0.1, 0.15) is 149 Å². The molecule has 0 bridgehead atoms. The molecule has 0 amide bonds. The maximum absolute atomic E-state index is 12.4. The van der Waals surface area contributed by atoms with E-state index in [2.05, 4.69) is 13.8 Å². The van der Waals surface area contributed by atoms with Crippen LogP contribution in [0.4, 0.5) is 0 Å². The lowest BCUT2D eigenvalue weighted by atomic mass is 9.42. The van der Waals surface area contributed by atoms with Gasteiger partial charge in [0.15, 0.2) is 0 Å². The molecule has 4 heteroatoms. The average Bonchev–Trinajstić information content (AvgIpc) is 3.17. The van der Waals surface area contributed by atoms with Gasteiger partial charge in [0.1, 0.15) is 5.78 Å². The van der Waals surface area contributed by atoms with Crippen molar-refractivity contribution in [2.75, 3.05) is 0 Å². The summed E-state index contributed by atoms with van der Waals surface area (Å²) in [6.07, 6.45) is 23.9. The van der Waals surface area contributed by atoms with Crippen molar-refractivity contribution in [1.82, 2.24) is 0 Å². The summed E-state index contributed by atoms with van der Waals surface area (Å²) in [6.45, 7) is 4.94. The molecule has 37 heavy (non-hydrogen) atoms. The summed E-state index contributed by atoms with van der Waals surface area (Å²) in [5, 5.41) is 19.6. The summed E-state index contributed by atoms with van der Waals surface area (Å²) in [5.74, 6) is 3.41. The second kappa shape index (κ2) is 13.0. The topological polar surface area (TPSA) is 74.6 Å². The first-order chi connectivity index (χ1) is 17.8. The van der Waals surface area contributed by atoms with Crippen LogP contribution in [-0.4, -0.2) is 28.1 Å². The van der Waals surface area contributed by atoms with Gasteiger partial charge in [0.25, 0.3) is 0 Å². The molecule has 4 saturated carbocycles. The van der Waals surface area contributed by atoms with Gasteiger partial charge in [-0.15, -0.1) is 0 Å². The highest BCUT2D eigenvalue weighted by Gasteiger charge is 2.62. The predicted octanol–water partition coefficient (Wildman–Crippen LogP) is 8.34. The number of aliphatic hydroxyl groups is 1. The third-order valence-electron chi connectivity index (χ3n) is 12.1. The zero-order valence-electron chi connectivity index (χ0n) is 24.0. The summed E-state index contributed by atoms with van der Waals surface area (Å²) in [7, 11) is 0. The first kappa shape index (κ1) is 29.1. The monoisotopic (exact) mass is 516 g/mol. The van der Waals surface area contributed by atoms with Crippen LogP contribution in [0.25, 0.3) is 0 Å². The number of carboxylic acid groups (broad SMARTS) is 1. The lowest BCUT2D eigenvalue weighted by Gasteiger charge is -2.62. The van der Waals surface area contributed by atoms with Gasteiger partial charge in [-0.1, -0.05) is 84.5 Å². The van der Waals surface area contributed by atoms with Crippen LogP contribution in [0.15, 0.2) is 0 Å². The first-order valence-electron chi connectivity index (χ1n) is 16.2. The van der Waals surface area contributed by atoms with E-state index in [1.54, 1.807) is 0 Å². The highest BCUT2D eigenvalue weighted by atomic mass is 16.4. The largest absolute Gasteiger partial charge is 0.481 e. The maximum Gasteiger partial charge on any atom is 0.303 e. The zero-order valence-corrected chi connectivity index (χ0v) is 24.0. The van der Waals surface area contributed by atoms with E-state index in [4.69, 9.17) is 5.11 Å². The van der Waals surface area contributed by atoms with Crippen molar-refractivity contribution in [2.45, 2.75) is 155 Å². The number of Topliss-reactive ketones (excluding diaryl/α,β-unsaturated/α-hetero) is 1. The van der Waals surface area contributed by atoms with Gasteiger partial charge >= 0.3 is 5.97 Å². The molecule has 0 heterocycles. The van der Waals surface area contributed by atoms with E-state index in [-0.39, 0.29) is 11.5 Å². The Bertz CT molecular complexity index is 763. The van der Waals surface area contributed by atoms with Crippen molar-refractivity contribution >= 4 is 11.8 Å². The standard InChI is InChI=1S/C33H56O4/c1-32-20-18-26(34)23-25(32)22-24(31-27-16-17-29(35)33(27,2)21-19-28(31)32)14-12-10-8-6-4-3-5-7-9-11-13-15-30(36)37/h24-25,27-29,31,35H,3-23H2,1-2H3,(H,36,37)/t24-,25-,27-,28-,29-,31-,32-,33-/m0/s1. The molecule has 4 fully saturated rings. The fourth-order valence-electron chi connectivity index (χ4n) is 9.76. The Morgan fingerprint density at radius 3 is 2.05 bits per heavy atom. The molecule has 4 rings (SSSR count). The number of hydrogen-bond donors (Lipinski definition) is 2. The molecule has 8 atom stereocenters. The number of carbonyl (C=O) groups excluding carboxylic acids is 1. The minimum atomic E-state index is -0.666. The minimum Gasteiger partial charge on any atom is -0.481 e. The highest BCUT2D eigenvalue weighted by molar-refractivity contribution is 5.79. The normalized spacial score (nSPS) is 39.2. The minimum absolute atomic E-state index is 0.109. The summed E-state index contributed by atoms with van der Waals surface area (Å²) in [4.78, 5) is 23.0. The third-order valence-corrected chi connectivity index (χ3v) is 12.1. The summed E-state index contributed by atoms with van der Waals surface area (Å²) in [5.41, 5.74) is 0.476. The van der Waals surface area contributed by atoms with E-state index in [1.807, 2.05) is 0 Å². The summed E-state index contributed by atoms with van der Waals surface area (Å²) < 4.78 is 0. The van der Waals surface area contributed by atoms with Crippen molar-refractivity contribution in [3.63, 3.8) is 0 Å². The van der Waals surface area contributed by atoms with Gasteiger partial charge in [0.2, 0.25) is 0 Å². The van der Waals surface area contributed by atoms with Crippen LogP contribution in [0, 0.1) is 40.4 Å². The lowest BCUT2D eigenvalue weighted by Crippen LogP contribution is -2.57. The lowest BCUT2D eigenvalue weighted by molar-refractivity contribution is -0.156. The quantitative estimate of drug-likeness (QED) is 0.228. The molecular formula is C33H56O4. The fourth-order valence-corrected chi connectivity index (χ4v) is 9.76. The molecule has 2 N–H and O–H groups in total. The molecule has 0 saturated heterocycles. The Balaban J connectivity index is 1.21. The van der Waals surface area contributed by atoms with Crippen LogP contribution in [0.5, 0.6) is 0 Å². The van der Waals surface area contributed by atoms with Gasteiger partial charge in [-0.25, -0.2) is 0 Å². The van der Waals surface area contributed by atoms with Crippen molar-refractivity contribution < 1.29 is 19.8 Å². The molecule has 0 aliphatic heterocycles. The first-order valence-corrected chi connectivity index (χ1v) is 16.2. The van der Waals surface area contributed by atoms with Crippen LogP contribution in [0.2, 0.25) is 0 Å². The molecular weight excluding hydrogens is 460 g/mol. The van der Waals surface area contributed by atoms with Crippen LogP contribution >= 0.6 is 0 Å². The number of carbonyl (C=O) groups is 2.